The highest BCUT2D eigenvalue weighted by atomic mass is 32.2. The molecule has 0 aliphatic heterocycles. The van der Waals surface area contributed by atoms with Gasteiger partial charge in [0.1, 0.15) is 11.8 Å². The van der Waals surface area contributed by atoms with E-state index in [0.717, 1.165) is 11.2 Å². The van der Waals surface area contributed by atoms with Crippen molar-refractivity contribution in [1.82, 2.24) is 19.7 Å². The van der Waals surface area contributed by atoms with E-state index in [1.54, 1.807) is 31.5 Å². The summed E-state index contributed by atoms with van der Waals surface area (Å²) in [6.07, 6.45) is 1.66. The number of amides is 1. The number of nitrogens with zero attached hydrogens (tertiary/aromatic N) is 4. The highest BCUT2D eigenvalue weighted by Gasteiger charge is 2.12. The third kappa shape index (κ3) is 4.32. The van der Waals surface area contributed by atoms with Gasteiger partial charge < -0.3 is 9.73 Å². The predicted molar refractivity (Wildman–Crippen MR) is 114 cm³/mol. The average molecular weight is 407 g/mol. The number of hydrogen-bond donors (Lipinski definition) is 1. The summed E-state index contributed by atoms with van der Waals surface area (Å²) in [6.45, 7) is 6.12. The Balaban J connectivity index is 1.41. The minimum Gasteiger partial charge on any atom is -0.441 e. The molecule has 2 heterocycles. The average Bonchev–Trinajstić information content (AvgIpc) is 3.31. The first-order valence-electron chi connectivity index (χ1n) is 9.30. The number of fused-ring (bicyclic) bond motifs is 1. The molecule has 0 fully saturated rings. The van der Waals surface area contributed by atoms with Crippen molar-refractivity contribution in [2.45, 2.75) is 31.8 Å². The molecular formula is C21H21N5O2S. The monoisotopic (exact) mass is 407 g/mol. The van der Waals surface area contributed by atoms with Crippen LogP contribution in [-0.4, -0.2) is 31.4 Å². The van der Waals surface area contributed by atoms with Crippen LogP contribution in [0.15, 0.2) is 58.4 Å². The van der Waals surface area contributed by atoms with Crippen LogP contribution in [0.2, 0.25) is 0 Å². The van der Waals surface area contributed by atoms with E-state index in [9.17, 15) is 4.79 Å². The van der Waals surface area contributed by atoms with E-state index >= 15 is 0 Å². The van der Waals surface area contributed by atoms with Crippen LogP contribution >= 0.6 is 11.8 Å². The number of benzene rings is 2. The molecule has 0 bridgehead atoms. The molecule has 2 aromatic carbocycles. The fraction of sp³-hybridized carbons (Fsp3) is 0.238. The van der Waals surface area contributed by atoms with E-state index in [1.165, 1.54) is 17.3 Å². The second-order valence-corrected chi connectivity index (χ2v) is 7.92. The number of nitrogens with one attached hydrogen (secondary N) is 1. The quantitative estimate of drug-likeness (QED) is 0.471. The number of oxazole rings is 1. The van der Waals surface area contributed by atoms with Gasteiger partial charge in [0.05, 0.1) is 5.75 Å². The van der Waals surface area contributed by atoms with Gasteiger partial charge in [0, 0.05) is 18.3 Å². The van der Waals surface area contributed by atoms with E-state index in [1.807, 2.05) is 16.7 Å². The smallest absolute Gasteiger partial charge is 0.234 e. The number of thioether (sulfide) groups is 1. The lowest BCUT2D eigenvalue weighted by Crippen LogP contribution is -2.14. The fourth-order valence-corrected chi connectivity index (χ4v) is 3.70. The first kappa shape index (κ1) is 19.2. The molecule has 1 N–H and O–H groups in total. The van der Waals surface area contributed by atoms with Crippen LogP contribution in [0.3, 0.4) is 0 Å². The number of anilines is 1. The van der Waals surface area contributed by atoms with Crippen LogP contribution in [0.5, 0.6) is 0 Å². The van der Waals surface area contributed by atoms with E-state index in [-0.39, 0.29) is 11.7 Å². The maximum atomic E-state index is 12.4. The minimum atomic E-state index is -0.126. The normalized spacial score (nSPS) is 11.3. The maximum absolute atomic E-state index is 12.4. The Morgan fingerprint density at radius 2 is 2.00 bits per heavy atom. The number of carbonyl (C=O) groups excluding carboxylic acids is 1. The summed E-state index contributed by atoms with van der Waals surface area (Å²) < 4.78 is 7.34. The van der Waals surface area contributed by atoms with Crippen molar-refractivity contribution in [3.8, 4) is 5.69 Å². The minimum absolute atomic E-state index is 0.126. The highest BCUT2D eigenvalue weighted by molar-refractivity contribution is 7.99. The number of aryl methyl sites for hydroxylation is 1. The summed E-state index contributed by atoms with van der Waals surface area (Å²) in [6, 6.07) is 13.7. The van der Waals surface area contributed by atoms with Gasteiger partial charge in [-0.15, -0.1) is 10.2 Å². The van der Waals surface area contributed by atoms with Gasteiger partial charge in [-0.25, -0.2) is 4.98 Å². The zero-order chi connectivity index (χ0) is 20.4. The van der Waals surface area contributed by atoms with E-state index < -0.39 is 0 Å². The fourth-order valence-electron chi connectivity index (χ4n) is 2.97. The Kier molecular flexibility index (Phi) is 5.35. The Labute approximate surface area is 172 Å². The Morgan fingerprint density at radius 1 is 1.21 bits per heavy atom. The van der Waals surface area contributed by atoms with Crippen molar-refractivity contribution < 1.29 is 9.21 Å². The van der Waals surface area contributed by atoms with Crippen molar-refractivity contribution in [2.75, 3.05) is 11.1 Å². The third-order valence-electron chi connectivity index (χ3n) is 4.47. The first-order chi connectivity index (χ1) is 14.0. The summed E-state index contributed by atoms with van der Waals surface area (Å²) in [5.41, 5.74) is 4.34. The number of carbonyl (C=O) groups is 1. The van der Waals surface area contributed by atoms with Gasteiger partial charge >= 0.3 is 0 Å². The van der Waals surface area contributed by atoms with E-state index in [4.69, 9.17) is 4.42 Å². The second kappa shape index (κ2) is 8.08. The van der Waals surface area contributed by atoms with Crippen LogP contribution in [0, 0.1) is 6.92 Å². The molecule has 0 aliphatic rings. The number of rotatable bonds is 6. The maximum Gasteiger partial charge on any atom is 0.234 e. The lowest BCUT2D eigenvalue weighted by atomic mass is 10.0. The predicted octanol–water partition coefficient (Wildman–Crippen LogP) is 4.57. The van der Waals surface area contributed by atoms with Gasteiger partial charge in [-0.2, -0.15) is 0 Å². The van der Waals surface area contributed by atoms with Gasteiger partial charge in [0.2, 0.25) is 5.91 Å². The van der Waals surface area contributed by atoms with Crippen LogP contribution < -0.4 is 5.32 Å². The Morgan fingerprint density at radius 3 is 2.76 bits per heavy atom. The highest BCUT2D eigenvalue weighted by Crippen LogP contribution is 2.23. The molecule has 4 rings (SSSR count). The molecule has 8 heteroatoms. The van der Waals surface area contributed by atoms with Gasteiger partial charge in [-0.3, -0.25) is 9.36 Å². The summed E-state index contributed by atoms with van der Waals surface area (Å²) in [4.78, 5) is 16.7. The molecule has 1 amide bonds. The van der Waals surface area contributed by atoms with Crippen molar-refractivity contribution in [3.05, 3.63) is 60.2 Å². The Bertz CT molecular complexity index is 1150. The zero-order valence-electron chi connectivity index (χ0n) is 16.4. The van der Waals surface area contributed by atoms with Crippen LogP contribution in [0.25, 0.3) is 16.8 Å². The van der Waals surface area contributed by atoms with Crippen molar-refractivity contribution in [2.24, 2.45) is 0 Å². The summed E-state index contributed by atoms with van der Waals surface area (Å²) >= 11 is 1.34. The SMILES string of the molecule is Cc1nc2cc(NC(=O)CSc3nncn3-c3ccc(C(C)C)cc3)ccc2o1. The van der Waals surface area contributed by atoms with Crippen molar-refractivity contribution in [1.29, 1.82) is 0 Å². The summed E-state index contributed by atoms with van der Waals surface area (Å²) in [5, 5.41) is 11.7. The molecule has 29 heavy (non-hydrogen) atoms. The topological polar surface area (TPSA) is 85.8 Å². The summed E-state index contributed by atoms with van der Waals surface area (Å²) in [5.74, 6) is 1.17. The molecule has 148 valence electrons. The molecule has 0 aliphatic carbocycles. The molecule has 0 spiro atoms. The van der Waals surface area contributed by atoms with Gasteiger partial charge in [-0.1, -0.05) is 37.7 Å². The molecule has 0 unspecified atom stereocenters. The van der Waals surface area contributed by atoms with E-state index in [2.05, 4.69) is 46.5 Å². The number of aromatic nitrogens is 4. The lowest BCUT2D eigenvalue weighted by Gasteiger charge is -2.09. The molecule has 7 nitrogen and oxygen atoms in total. The van der Waals surface area contributed by atoms with Crippen LogP contribution in [-0.2, 0) is 4.79 Å². The molecule has 0 saturated carbocycles. The standard InChI is InChI=1S/C21H21N5O2S/c1-13(2)15-4-7-17(8-5-15)26-12-22-25-21(26)29-11-20(27)24-16-6-9-19-18(10-16)23-14(3)28-19/h4-10,12-13H,11H2,1-3H3,(H,24,27). The largest absolute Gasteiger partial charge is 0.441 e. The van der Waals surface area contributed by atoms with Gasteiger partial charge in [0.15, 0.2) is 16.6 Å². The van der Waals surface area contributed by atoms with E-state index in [0.29, 0.717) is 28.2 Å². The second-order valence-electron chi connectivity index (χ2n) is 6.98. The molecule has 4 aromatic rings. The van der Waals surface area contributed by atoms with Gasteiger partial charge in [0.25, 0.3) is 0 Å². The first-order valence-corrected chi connectivity index (χ1v) is 10.3. The summed E-state index contributed by atoms with van der Waals surface area (Å²) in [7, 11) is 0. The van der Waals surface area contributed by atoms with Crippen LogP contribution in [0.4, 0.5) is 5.69 Å². The Hall–Kier alpha value is -3.13. The van der Waals surface area contributed by atoms with Crippen LogP contribution in [0.1, 0.15) is 31.2 Å². The van der Waals surface area contributed by atoms with Crippen molar-refractivity contribution >= 4 is 34.5 Å². The molecule has 2 aromatic heterocycles. The third-order valence-corrected chi connectivity index (χ3v) is 5.41. The number of hydrogen-bond acceptors (Lipinski definition) is 6. The molecule has 0 radical (unpaired) electrons. The molecule has 0 atom stereocenters. The zero-order valence-corrected chi connectivity index (χ0v) is 17.2. The molecule has 0 saturated heterocycles. The lowest BCUT2D eigenvalue weighted by molar-refractivity contribution is -0.113. The van der Waals surface area contributed by atoms with Crippen molar-refractivity contribution in [3.63, 3.8) is 0 Å². The molecular weight excluding hydrogens is 386 g/mol. The van der Waals surface area contributed by atoms with Gasteiger partial charge in [-0.05, 0) is 41.8 Å².